The minimum absolute atomic E-state index is 0.00174. The summed E-state index contributed by atoms with van der Waals surface area (Å²) in [7, 11) is -4.51. The topological polar surface area (TPSA) is 54.4 Å². The maximum atomic E-state index is 12.2. The Morgan fingerprint density at radius 3 is 2.25 bits per heavy atom. The normalized spacial score (nSPS) is 12.0. The summed E-state index contributed by atoms with van der Waals surface area (Å²) in [6.45, 7) is 0.00174. The zero-order valence-electron chi connectivity index (χ0n) is 8.14. The standard InChI is InChI=1S/C9H10F2O3S2/c10-9(11)16(13,14)8-3-1-7(2-4-8)15-6-5-12/h1-4,9,12H,5-6H2. The van der Waals surface area contributed by atoms with E-state index in [0.717, 1.165) is 17.0 Å². The van der Waals surface area contributed by atoms with Crippen molar-refractivity contribution in [3.8, 4) is 0 Å². The molecule has 0 bridgehead atoms. The van der Waals surface area contributed by atoms with Crippen molar-refractivity contribution in [2.24, 2.45) is 0 Å². The van der Waals surface area contributed by atoms with E-state index in [4.69, 9.17) is 5.11 Å². The molecule has 90 valence electrons. The fourth-order valence-corrected chi connectivity index (χ4v) is 2.37. The van der Waals surface area contributed by atoms with E-state index in [1.165, 1.54) is 23.9 Å². The predicted octanol–water partition coefficient (Wildman–Crippen LogP) is 1.77. The van der Waals surface area contributed by atoms with E-state index in [0.29, 0.717) is 5.75 Å². The molecule has 0 unspecified atom stereocenters. The van der Waals surface area contributed by atoms with Crippen LogP contribution in [0, 0.1) is 0 Å². The predicted molar refractivity (Wildman–Crippen MR) is 57.4 cm³/mol. The first-order valence-corrected chi connectivity index (χ1v) is 6.87. The third-order valence-electron chi connectivity index (χ3n) is 1.75. The smallest absolute Gasteiger partial charge is 0.341 e. The maximum absolute atomic E-state index is 12.2. The molecule has 1 aromatic carbocycles. The highest BCUT2D eigenvalue weighted by atomic mass is 32.2. The van der Waals surface area contributed by atoms with Gasteiger partial charge in [0, 0.05) is 10.6 Å². The molecule has 3 nitrogen and oxygen atoms in total. The molecule has 1 aromatic rings. The minimum atomic E-state index is -4.51. The van der Waals surface area contributed by atoms with Crippen molar-refractivity contribution in [3.63, 3.8) is 0 Å². The number of alkyl halides is 2. The van der Waals surface area contributed by atoms with Gasteiger partial charge in [0.15, 0.2) is 0 Å². The van der Waals surface area contributed by atoms with Crippen LogP contribution < -0.4 is 0 Å². The molecule has 0 fully saturated rings. The molecule has 0 aliphatic rings. The summed E-state index contributed by atoms with van der Waals surface area (Å²) in [5.74, 6) is -2.93. The van der Waals surface area contributed by atoms with Crippen molar-refractivity contribution < 1.29 is 22.3 Å². The average Bonchev–Trinajstić information content (AvgIpc) is 2.26. The van der Waals surface area contributed by atoms with Gasteiger partial charge < -0.3 is 5.11 Å². The fraction of sp³-hybridized carbons (Fsp3) is 0.333. The van der Waals surface area contributed by atoms with Gasteiger partial charge >= 0.3 is 5.76 Å². The lowest BCUT2D eigenvalue weighted by Gasteiger charge is -2.04. The first kappa shape index (κ1) is 13.4. The summed E-state index contributed by atoms with van der Waals surface area (Å²) in [6, 6.07) is 5.16. The lowest BCUT2D eigenvalue weighted by atomic mass is 10.4. The Bertz CT molecular complexity index is 429. The molecule has 0 amide bonds. The Labute approximate surface area is 96.4 Å². The number of hydrogen-bond acceptors (Lipinski definition) is 4. The van der Waals surface area contributed by atoms with Crippen LogP contribution in [0.4, 0.5) is 8.78 Å². The largest absolute Gasteiger partial charge is 0.396 e. The third kappa shape index (κ3) is 3.16. The highest BCUT2D eigenvalue weighted by Crippen LogP contribution is 2.22. The van der Waals surface area contributed by atoms with Crippen LogP contribution in [0.3, 0.4) is 0 Å². The van der Waals surface area contributed by atoms with Gasteiger partial charge in [0.25, 0.3) is 0 Å². The molecule has 0 aromatic heterocycles. The van der Waals surface area contributed by atoms with Crippen LogP contribution in [0.1, 0.15) is 0 Å². The van der Waals surface area contributed by atoms with Crippen molar-refractivity contribution in [2.75, 3.05) is 12.4 Å². The van der Waals surface area contributed by atoms with Crippen molar-refractivity contribution >= 4 is 21.6 Å². The van der Waals surface area contributed by atoms with Crippen LogP contribution in [0.25, 0.3) is 0 Å². The fourth-order valence-electron chi connectivity index (χ4n) is 0.992. The van der Waals surface area contributed by atoms with Crippen LogP contribution >= 0.6 is 11.8 Å². The molecule has 7 heteroatoms. The summed E-state index contributed by atoms with van der Waals surface area (Å²) in [4.78, 5) is 0.332. The van der Waals surface area contributed by atoms with E-state index in [1.807, 2.05) is 0 Å². The van der Waals surface area contributed by atoms with Gasteiger partial charge in [-0.15, -0.1) is 11.8 Å². The van der Waals surface area contributed by atoms with E-state index in [-0.39, 0.29) is 6.61 Å². The molecule has 16 heavy (non-hydrogen) atoms. The van der Waals surface area contributed by atoms with Crippen molar-refractivity contribution in [1.82, 2.24) is 0 Å². The number of benzene rings is 1. The van der Waals surface area contributed by atoms with Crippen molar-refractivity contribution in [1.29, 1.82) is 0 Å². The second kappa shape index (κ2) is 5.60. The lowest BCUT2D eigenvalue weighted by Crippen LogP contribution is -2.11. The van der Waals surface area contributed by atoms with Crippen LogP contribution in [-0.4, -0.2) is 31.6 Å². The Morgan fingerprint density at radius 2 is 1.81 bits per heavy atom. The molecule has 0 spiro atoms. The van der Waals surface area contributed by atoms with E-state index >= 15 is 0 Å². The summed E-state index contributed by atoms with van der Waals surface area (Å²) < 4.78 is 46.5. The molecule has 0 heterocycles. The maximum Gasteiger partial charge on any atom is 0.341 e. The first-order chi connectivity index (χ1) is 7.48. The molecule has 0 saturated heterocycles. The van der Waals surface area contributed by atoms with Gasteiger partial charge in [-0.1, -0.05) is 0 Å². The second-order valence-corrected chi connectivity index (χ2v) is 5.94. The third-order valence-corrected chi connectivity index (χ3v) is 4.14. The number of halogens is 2. The average molecular weight is 268 g/mol. The Hall–Kier alpha value is -0.660. The van der Waals surface area contributed by atoms with Gasteiger partial charge in [0.05, 0.1) is 11.5 Å². The monoisotopic (exact) mass is 268 g/mol. The summed E-state index contributed by atoms with van der Waals surface area (Å²) >= 11 is 1.32. The van der Waals surface area contributed by atoms with Gasteiger partial charge in [-0.25, -0.2) is 8.42 Å². The van der Waals surface area contributed by atoms with Crippen molar-refractivity contribution in [2.45, 2.75) is 15.5 Å². The molecule has 0 atom stereocenters. The molecule has 0 aliphatic carbocycles. The second-order valence-electron chi connectivity index (χ2n) is 2.85. The molecule has 0 radical (unpaired) electrons. The van der Waals surface area contributed by atoms with Crippen LogP contribution in [-0.2, 0) is 9.84 Å². The quantitative estimate of drug-likeness (QED) is 0.827. The number of aliphatic hydroxyl groups excluding tert-OH is 1. The number of rotatable bonds is 5. The van der Waals surface area contributed by atoms with Crippen LogP contribution in [0.15, 0.2) is 34.1 Å². The van der Waals surface area contributed by atoms with E-state index < -0.39 is 20.5 Å². The lowest BCUT2D eigenvalue weighted by molar-refractivity contribution is 0.234. The van der Waals surface area contributed by atoms with Crippen LogP contribution in [0.5, 0.6) is 0 Å². The van der Waals surface area contributed by atoms with Gasteiger partial charge in [-0.2, -0.15) is 8.78 Å². The van der Waals surface area contributed by atoms with Crippen LogP contribution in [0.2, 0.25) is 0 Å². The number of hydrogen-bond donors (Lipinski definition) is 1. The number of aliphatic hydroxyl groups is 1. The van der Waals surface area contributed by atoms with E-state index in [2.05, 4.69) is 0 Å². The Kier molecular flexibility index (Phi) is 4.69. The zero-order chi connectivity index (χ0) is 12.2. The molecule has 0 saturated carbocycles. The molecular formula is C9H10F2O3S2. The van der Waals surface area contributed by atoms with Gasteiger partial charge in [-0.3, -0.25) is 0 Å². The zero-order valence-corrected chi connectivity index (χ0v) is 9.77. The summed E-state index contributed by atoms with van der Waals surface area (Å²) in [5, 5.41) is 8.57. The first-order valence-electron chi connectivity index (χ1n) is 4.34. The minimum Gasteiger partial charge on any atom is -0.396 e. The molecule has 1 rings (SSSR count). The molecule has 0 aliphatic heterocycles. The van der Waals surface area contributed by atoms with Gasteiger partial charge in [0.2, 0.25) is 9.84 Å². The number of thioether (sulfide) groups is 1. The Balaban J connectivity index is 2.87. The van der Waals surface area contributed by atoms with E-state index in [9.17, 15) is 17.2 Å². The molecule has 1 N–H and O–H groups in total. The Morgan fingerprint density at radius 1 is 1.25 bits per heavy atom. The van der Waals surface area contributed by atoms with E-state index in [1.54, 1.807) is 0 Å². The number of sulfone groups is 1. The highest BCUT2D eigenvalue weighted by Gasteiger charge is 2.26. The molecular weight excluding hydrogens is 258 g/mol. The highest BCUT2D eigenvalue weighted by molar-refractivity contribution is 7.99. The van der Waals surface area contributed by atoms with Crippen molar-refractivity contribution in [3.05, 3.63) is 24.3 Å². The summed E-state index contributed by atoms with van der Waals surface area (Å²) in [6.07, 6.45) is 0. The summed E-state index contributed by atoms with van der Waals surface area (Å²) in [5.41, 5.74) is 0. The SMILES string of the molecule is O=S(=O)(c1ccc(SCCO)cc1)C(F)F. The van der Waals surface area contributed by atoms with Gasteiger partial charge in [-0.05, 0) is 24.3 Å². The van der Waals surface area contributed by atoms with Gasteiger partial charge in [0.1, 0.15) is 0 Å².